The van der Waals surface area contributed by atoms with Gasteiger partial charge in [0.05, 0.1) is 32.7 Å². The number of hydrogen-bond acceptors (Lipinski definition) is 13. The second-order valence-electron chi connectivity index (χ2n) is 16.7. The summed E-state index contributed by atoms with van der Waals surface area (Å²) in [5, 5.41) is 48.2. The number of carbonyl (C=O) groups excluding carboxylic acids is 5. The van der Waals surface area contributed by atoms with E-state index in [4.69, 9.17) is 0 Å². The van der Waals surface area contributed by atoms with Crippen molar-refractivity contribution in [3.63, 3.8) is 0 Å². The van der Waals surface area contributed by atoms with Crippen LogP contribution in [-0.4, -0.2) is 203 Å². The van der Waals surface area contributed by atoms with Gasteiger partial charge in [0.2, 0.25) is 11.8 Å². The molecule has 3 rings (SSSR count). The van der Waals surface area contributed by atoms with E-state index in [1.54, 1.807) is 43.9 Å². The third-order valence-electron chi connectivity index (χ3n) is 11.1. The highest BCUT2D eigenvalue weighted by molar-refractivity contribution is 5.94. The van der Waals surface area contributed by atoms with E-state index in [9.17, 15) is 63.6 Å². The summed E-state index contributed by atoms with van der Waals surface area (Å²) >= 11 is 0. The Labute approximate surface area is 396 Å². The molecule has 0 spiro atoms. The molecule has 2 aromatic carbocycles. The second kappa shape index (κ2) is 30.7. The number of carboxylic acids is 4. The highest BCUT2D eigenvalue weighted by atomic mass is 16.4. The molecule has 5 amide bonds. The first kappa shape index (κ1) is 55.8. The van der Waals surface area contributed by atoms with Crippen LogP contribution in [0.25, 0.3) is 0 Å². The Morgan fingerprint density at radius 3 is 1.63 bits per heavy atom. The van der Waals surface area contributed by atoms with Crippen LogP contribution in [0.15, 0.2) is 48.5 Å². The molecule has 1 aliphatic rings. The number of amides is 5. The van der Waals surface area contributed by atoms with Crippen molar-refractivity contribution in [1.82, 2.24) is 45.8 Å². The second-order valence-corrected chi connectivity index (χ2v) is 16.7. The van der Waals surface area contributed by atoms with E-state index < -0.39 is 36.0 Å². The lowest BCUT2D eigenvalue weighted by Gasteiger charge is -2.32. The molecule has 22 nitrogen and oxygen atoms in total. The minimum Gasteiger partial charge on any atom is -0.480 e. The zero-order valence-electron chi connectivity index (χ0n) is 38.7. The first-order chi connectivity index (χ1) is 32.5. The van der Waals surface area contributed by atoms with E-state index in [2.05, 4.69) is 21.3 Å². The summed E-state index contributed by atoms with van der Waals surface area (Å²) in [6, 6.07) is 12.7. The molecular formula is C46H67N9O13. The first-order valence-electron chi connectivity index (χ1n) is 22.7. The molecule has 1 atom stereocenters. The van der Waals surface area contributed by atoms with E-state index in [1.807, 2.05) is 36.1 Å². The van der Waals surface area contributed by atoms with Crippen molar-refractivity contribution in [2.24, 2.45) is 0 Å². The normalized spacial score (nSPS) is 14.8. The number of unbranched alkanes of at least 4 members (excludes halogenated alkanes) is 2. The van der Waals surface area contributed by atoms with Crippen LogP contribution in [0.3, 0.4) is 0 Å². The van der Waals surface area contributed by atoms with Crippen molar-refractivity contribution in [3.05, 3.63) is 70.8 Å². The molecule has 0 radical (unpaired) electrons. The van der Waals surface area contributed by atoms with Gasteiger partial charge in [0.1, 0.15) is 12.3 Å². The van der Waals surface area contributed by atoms with Crippen LogP contribution in [0.1, 0.15) is 65.6 Å². The zero-order valence-corrected chi connectivity index (χ0v) is 38.7. The van der Waals surface area contributed by atoms with Gasteiger partial charge in [0, 0.05) is 90.5 Å². The van der Waals surface area contributed by atoms with Gasteiger partial charge >= 0.3 is 29.9 Å². The van der Waals surface area contributed by atoms with Crippen LogP contribution in [0, 0.1) is 6.92 Å². The topological polar surface area (TPSA) is 299 Å². The molecule has 374 valence electrons. The summed E-state index contributed by atoms with van der Waals surface area (Å²) in [4.78, 5) is 117. The van der Waals surface area contributed by atoms with Crippen molar-refractivity contribution in [2.45, 2.75) is 64.6 Å². The lowest BCUT2D eigenvalue weighted by molar-refractivity contribution is -0.140. The molecule has 0 bridgehead atoms. The number of aliphatic carboxylic acids is 4. The molecule has 68 heavy (non-hydrogen) atoms. The maximum atomic E-state index is 13.8. The van der Waals surface area contributed by atoms with Crippen LogP contribution in [0.5, 0.6) is 0 Å². The van der Waals surface area contributed by atoms with Crippen LogP contribution in [0.4, 0.5) is 4.79 Å². The maximum absolute atomic E-state index is 13.8. The van der Waals surface area contributed by atoms with Crippen molar-refractivity contribution >= 4 is 53.9 Å². The Balaban J connectivity index is 1.46. The molecule has 1 heterocycles. The third kappa shape index (κ3) is 23.3. The predicted molar refractivity (Wildman–Crippen MR) is 248 cm³/mol. The minimum atomic E-state index is -1.21. The molecule has 0 saturated carbocycles. The molecule has 1 saturated heterocycles. The van der Waals surface area contributed by atoms with Crippen molar-refractivity contribution in [3.8, 4) is 0 Å². The largest absolute Gasteiger partial charge is 0.480 e. The molecular weight excluding hydrogens is 887 g/mol. The van der Waals surface area contributed by atoms with Crippen molar-refractivity contribution in [2.75, 3.05) is 98.2 Å². The van der Waals surface area contributed by atoms with Gasteiger partial charge in [0.25, 0.3) is 5.91 Å². The van der Waals surface area contributed by atoms with E-state index >= 15 is 0 Å². The van der Waals surface area contributed by atoms with Crippen molar-refractivity contribution in [1.29, 1.82) is 0 Å². The van der Waals surface area contributed by atoms with E-state index in [0.29, 0.717) is 83.3 Å². The predicted octanol–water partition coefficient (Wildman–Crippen LogP) is 0.137. The van der Waals surface area contributed by atoms with Crippen LogP contribution in [-0.2, 0) is 46.7 Å². The first-order valence-corrected chi connectivity index (χ1v) is 22.7. The fourth-order valence-electron chi connectivity index (χ4n) is 7.34. The number of urea groups is 1. The Kier molecular flexibility index (Phi) is 25.2. The minimum absolute atomic E-state index is 0.0104. The summed E-state index contributed by atoms with van der Waals surface area (Å²) in [6.45, 7) is 4.39. The zero-order chi connectivity index (χ0) is 49.8. The Bertz CT molecular complexity index is 1940. The number of aryl methyl sites for hydroxylation is 1. The average molecular weight is 954 g/mol. The van der Waals surface area contributed by atoms with Gasteiger partial charge in [-0.25, -0.2) is 9.59 Å². The number of aldehydes is 1. The van der Waals surface area contributed by atoms with Crippen molar-refractivity contribution < 1.29 is 63.6 Å². The monoisotopic (exact) mass is 953 g/mol. The van der Waals surface area contributed by atoms with Crippen LogP contribution >= 0.6 is 0 Å². The number of hydrogen-bond donors (Lipinski definition) is 8. The fraction of sp³-hybridized carbons (Fsp3) is 0.543. The molecule has 0 aromatic heterocycles. The number of rotatable bonds is 27. The molecule has 0 aliphatic carbocycles. The smallest absolute Gasteiger partial charge is 0.326 e. The Morgan fingerprint density at radius 2 is 1.13 bits per heavy atom. The number of carbonyl (C=O) groups is 9. The Morgan fingerprint density at radius 1 is 0.618 bits per heavy atom. The van der Waals surface area contributed by atoms with E-state index in [1.165, 1.54) is 0 Å². The average Bonchev–Trinajstić information content (AvgIpc) is 3.28. The summed E-state index contributed by atoms with van der Waals surface area (Å²) in [6.07, 6.45) is 2.69. The standard InChI is InChI=1S/C46H67N9O13/c1-34-8-10-36(11-9-34)29-55(18-5-3-6-38(45(66)67)50-46(68)48-17-27-56)44(65)37-14-12-35(13-15-37)28-49-39(57)7-2-4-16-47-40(58)30-51-19-21-52(31-41(59)60)23-25-54(33-43(63)64)26-24-53(22-20-51)32-42(61)62/h8-15,27,38H,2-7,16-26,28-33H2,1H3,(H,47,58)(H,49,57)(H,59,60)(H,61,62)(H,63,64)(H,66,67)(H2,48,50,68). The molecule has 2 aromatic rings. The molecule has 1 unspecified atom stereocenters. The van der Waals surface area contributed by atoms with Gasteiger partial charge in [0.15, 0.2) is 0 Å². The Hall–Kier alpha value is -6.49. The van der Waals surface area contributed by atoms with Crippen LogP contribution < -0.4 is 21.3 Å². The lowest BCUT2D eigenvalue weighted by atomic mass is 10.1. The lowest BCUT2D eigenvalue weighted by Crippen LogP contribution is -2.49. The number of carboxylic acid groups (broad SMARTS) is 4. The molecule has 22 heteroatoms. The highest BCUT2D eigenvalue weighted by Crippen LogP contribution is 2.15. The van der Waals surface area contributed by atoms with Gasteiger partial charge in [-0.1, -0.05) is 42.0 Å². The van der Waals surface area contributed by atoms with Gasteiger partial charge in [-0.05, 0) is 62.3 Å². The SMILES string of the molecule is Cc1ccc(CN(CCCCC(NC(=O)NCC=O)C(=O)O)C(=O)c2ccc(CNC(=O)CCCCNC(=O)CN3CCN(CC(=O)O)CCN(CC(=O)O)CCN(CC(=O)O)CC3)cc2)cc1. The van der Waals surface area contributed by atoms with Gasteiger partial charge in [-0.15, -0.1) is 0 Å². The number of nitrogens with zero attached hydrogens (tertiary/aromatic N) is 5. The van der Waals surface area contributed by atoms with E-state index in [-0.39, 0.29) is 96.0 Å². The van der Waals surface area contributed by atoms with Crippen LogP contribution in [0.2, 0.25) is 0 Å². The number of benzene rings is 2. The summed E-state index contributed by atoms with van der Waals surface area (Å²) < 4.78 is 0. The fourth-order valence-corrected chi connectivity index (χ4v) is 7.34. The quantitative estimate of drug-likeness (QED) is 0.0436. The molecule has 1 fully saturated rings. The summed E-state index contributed by atoms with van der Waals surface area (Å²) in [5.74, 6) is -5.03. The van der Waals surface area contributed by atoms with E-state index in [0.717, 1.165) is 16.7 Å². The molecule has 8 N–H and O–H groups in total. The summed E-state index contributed by atoms with van der Waals surface area (Å²) in [5.41, 5.74) is 3.19. The molecule has 1 aliphatic heterocycles. The van der Waals surface area contributed by atoms with Gasteiger partial charge < -0.3 is 51.4 Å². The van der Waals surface area contributed by atoms with Gasteiger partial charge in [-0.2, -0.15) is 0 Å². The highest BCUT2D eigenvalue weighted by Gasteiger charge is 2.23. The van der Waals surface area contributed by atoms with Gasteiger partial charge in [-0.3, -0.25) is 48.4 Å². The maximum Gasteiger partial charge on any atom is 0.326 e. The summed E-state index contributed by atoms with van der Waals surface area (Å²) in [7, 11) is 0. The third-order valence-corrected chi connectivity index (χ3v) is 11.1. The number of nitrogens with one attached hydrogen (secondary N) is 4.